The Hall–Kier alpha value is -2.45. The third-order valence-electron chi connectivity index (χ3n) is 5.67. The van der Waals surface area contributed by atoms with E-state index in [0.29, 0.717) is 28.5 Å². The van der Waals surface area contributed by atoms with Crippen LogP contribution in [0.15, 0.2) is 18.7 Å². The second-order valence-electron chi connectivity index (χ2n) is 9.32. The molecule has 0 radical (unpaired) electrons. The van der Waals surface area contributed by atoms with Crippen LogP contribution >= 0.6 is 0 Å². The molecule has 8 heteroatoms. The van der Waals surface area contributed by atoms with Gasteiger partial charge in [-0.3, -0.25) is 0 Å². The van der Waals surface area contributed by atoms with Crippen LogP contribution in [-0.2, 0) is 20.9 Å². The number of nitrogens with zero attached hydrogens (tertiary/aromatic N) is 4. The Balaban J connectivity index is 2.17. The number of aliphatic hydroxyl groups excluding tert-OH is 1. The normalized spacial score (nSPS) is 16.4. The summed E-state index contributed by atoms with van der Waals surface area (Å²) in [7, 11) is 0. The van der Waals surface area contributed by atoms with Crippen LogP contribution in [-0.4, -0.2) is 51.0 Å². The van der Waals surface area contributed by atoms with Gasteiger partial charge in [0, 0.05) is 24.8 Å². The summed E-state index contributed by atoms with van der Waals surface area (Å²) in [6, 6.07) is 1.77. The maximum absolute atomic E-state index is 13.1. The van der Waals surface area contributed by atoms with E-state index in [1.807, 2.05) is 33.8 Å². The highest BCUT2D eigenvalue weighted by Gasteiger charge is 2.36. The van der Waals surface area contributed by atoms with Gasteiger partial charge < -0.3 is 19.5 Å². The minimum absolute atomic E-state index is 0.182. The molecule has 1 fully saturated rings. The predicted octanol–water partition coefficient (Wildman–Crippen LogP) is 3.74. The zero-order chi connectivity index (χ0) is 23.5. The zero-order valence-electron chi connectivity index (χ0n) is 19.9. The standard InChI is InChI=1S/C24H36N4O4/c1-7-9-17-10-12-27(13-11-17)22-20(21(23(30)31-8-2)32-24(4,5)6)16(3)25-19-14-18(15-29)26-28(19)22/h7,14,17,21,29H,1,8-13,15H2,2-6H3. The van der Waals surface area contributed by atoms with E-state index in [1.54, 1.807) is 17.5 Å². The summed E-state index contributed by atoms with van der Waals surface area (Å²) in [4.78, 5) is 20.0. The summed E-state index contributed by atoms with van der Waals surface area (Å²) in [5.74, 6) is 0.943. The lowest BCUT2D eigenvalue weighted by Crippen LogP contribution is -2.38. The van der Waals surface area contributed by atoms with Gasteiger partial charge in [-0.25, -0.2) is 9.78 Å². The lowest BCUT2D eigenvalue weighted by Gasteiger charge is -2.36. The highest BCUT2D eigenvalue weighted by atomic mass is 16.6. The third kappa shape index (κ3) is 5.30. The van der Waals surface area contributed by atoms with Crippen LogP contribution in [0.1, 0.15) is 70.0 Å². The Morgan fingerprint density at radius 1 is 1.38 bits per heavy atom. The van der Waals surface area contributed by atoms with Gasteiger partial charge in [0.05, 0.1) is 30.1 Å². The van der Waals surface area contributed by atoms with Crippen LogP contribution in [0.4, 0.5) is 5.82 Å². The second-order valence-corrected chi connectivity index (χ2v) is 9.32. The van der Waals surface area contributed by atoms with Crippen LogP contribution in [0.5, 0.6) is 0 Å². The maximum atomic E-state index is 13.1. The fourth-order valence-corrected chi connectivity index (χ4v) is 4.26. The molecule has 176 valence electrons. The highest BCUT2D eigenvalue weighted by molar-refractivity contribution is 5.80. The summed E-state index contributed by atoms with van der Waals surface area (Å²) in [5.41, 5.74) is 1.94. The average Bonchev–Trinajstić information content (AvgIpc) is 3.14. The number of hydrogen-bond donors (Lipinski definition) is 1. The van der Waals surface area contributed by atoms with Gasteiger partial charge >= 0.3 is 5.97 Å². The van der Waals surface area contributed by atoms with Crippen molar-refractivity contribution in [3.05, 3.63) is 35.7 Å². The number of piperidine rings is 1. The zero-order valence-corrected chi connectivity index (χ0v) is 19.9. The topological polar surface area (TPSA) is 89.2 Å². The van der Waals surface area contributed by atoms with E-state index >= 15 is 0 Å². The molecule has 32 heavy (non-hydrogen) atoms. The van der Waals surface area contributed by atoms with E-state index in [9.17, 15) is 9.90 Å². The van der Waals surface area contributed by atoms with Crippen molar-refractivity contribution in [1.82, 2.24) is 14.6 Å². The van der Waals surface area contributed by atoms with Crippen molar-refractivity contribution < 1.29 is 19.4 Å². The quantitative estimate of drug-likeness (QED) is 0.490. The number of carbonyl (C=O) groups is 1. The summed E-state index contributed by atoms with van der Waals surface area (Å²) >= 11 is 0. The number of ether oxygens (including phenoxy) is 2. The van der Waals surface area contributed by atoms with E-state index in [4.69, 9.17) is 14.5 Å². The van der Waals surface area contributed by atoms with Crippen molar-refractivity contribution in [2.75, 3.05) is 24.6 Å². The molecule has 8 nitrogen and oxygen atoms in total. The van der Waals surface area contributed by atoms with Crippen LogP contribution in [0.3, 0.4) is 0 Å². The SMILES string of the molecule is C=CCC1CCN(c2c(C(OC(C)(C)C)C(=O)OCC)c(C)nc3cc(CO)nn23)CC1. The summed E-state index contributed by atoms with van der Waals surface area (Å²) in [6.07, 6.45) is 4.09. The van der Waals surface area contributed by atoms with E-state index in [1.165, 1.54) is 0 Å². The van der Waals surface area contributed by atoms with Crippen molar-refractivity contribution in [2.45, 2.75) is 72.2 Å². The molecule has 1 N–H and O–H groups in total. The average molecular weight is 445 g/mol. The van der Waals surface area contributed by atoms with Crippen molar-refractivity contribution in [2.24, 2.45) is 5.92 Å². The molecule has 1 aliphatic heterocycles. The number of allylic oxidation sites excluding steroid dienone is 1. The smallest absolute Gasteiger partial charge is 0.340 e. The first kappa shape index (κ1) is 24.2. The third-order valence-corrected chi connectivity index (χ3v) is 5.67. The number of carbonyl (C=O) groups excluding carboxylic acids is 1. The molecule has 1 unspecified atom stereocenters. The van der Waals surface area contributed by atoms with Gasteiger partial charge in [-0.1, -0.05) is 6.08 Å². The Bertz CT molecular complexity index is 955. The van der Waals surface area contributed by atoms with Crippen molar-refractivity contribution in [3.8, 4) is 0 Å². The molecule has 1 atom stereocenters. The Morgan fingerprint density at radius 2 is 2.06 bits per heavy atom. The molecule has 0 bridgehead atoms. The number of hydrogen-bond acceptors (Lipinski definition) is 7. The number of aromatic nitrogens is 3. The van der Waals surface area contributed by atoms with Crippen LogP contribution in [0, 0.1) is 12.8 Å². The minimum atomic E-state index is -0.936. The predicted molar refractivity (Wildman–Crippen MR) is 124 cm³/mol. The first-order valence-electron chi connectivity index (χ1n) is 11.4. The lowest BCUT2D eigenvalue weighted by molar-refractivity contribution is -0.166. The van der Waals surface area contributed by atoms with Gasteiger partial charge in [0.15, 0.2) is 11.8 Å². The van der Waals surface area contributed by atoms with Crippen LogP contribution in [0.2, 0.25) is 0 Å². The molecule has 1 aliphatic rings. The molecule has 2 aromatic heterocycles. The molecular weight excluding hydrogens is 408 g/mol. The van der Waals surface area contributed by atoms with Gasteiger partial charge in [-0.2, -0.15) is 9.61 Å². The van der Waals surface area contributed by atoms with Crippen molar-refractivity contribution >= 4 is 17.4 Å². The van der Waals surface area contributed by atoms with E-state index in [0.717, 1.165) is 38.2 Å². The summed E-state index contributed by atoms with van der Waals surface area (Å²) < 4.78 is 13.4. The monoisotopic (exact) mass is 444 g/mol. The largest absolute Gasteiger partial charge is 0.464 e. The molecule has 0 aliphatic carbocycles. The summed E-state index contributed by atoms with van der Waals surface area (Å²) in [5, 5.41) is 14.3. The number of esters is 1. The first-order valence-corrected chi connectivity index (χ1v) is 11.4. The van der Waals surface area contributed by atoms with Gasteiger partial charge in [0.25, 0.3) is 0 Å². The summed E-state index contributed by atoms with van der Waals surface area (Å²) in [6.45, 7) is 15.0. The molecule has 0 amide bonds. The Labute approximate surface area is 190 Å². The number of fused-ring (bicyclic) bond motifs is 1. The van der Waals surface area contributed by atoms with Gasteiger partial charge in [-0.15, -0.1) is 6.58 Å². The number of rotatable bonds is 8. The van der Waals surface area contributed by atoms with E-state index in [-0.39, 0.29) is 13.2 Å². The molecule has 3 rings (SSSR count). The number of anilines is 1. The molecular formula is C24H36N4O4. The maximum Gasteiger partial charge on any atom is 0.340 e. The molecule has 0 saturated carbocycles. The van der Waals surface area contributed by atoms with Crippen LogP contribution in [0.25, 0.3) is 5.65 Å². The molecule has 0 aromatic carbocycles. The fraction of sp³-hybridized carbons (Fsp3) is 0.625. The highest BCUT2D eigenvalue weighted by Crippen LogP contribution is 2.37. The van der Waals surface area contributed by atoms with Crippen molar-refractivity contribution in [1.29, 1.82) is 0 Å². The second kappa shape index (κ2) is 10.0. The molecule has 2 aromatic rings. The van der Waals surface area contributed by atoms with Gasteiger partial charge in [-0.05, 0) is 59.8 Å². The molecule has 0 spiro atoms. The minimum Gasteiger partial charge on any atom is -0.464 e. The van der Waals surface area contributed by atoms with Gasteiger partial charge in [0.1, 0.15) is 5.82 Å². The molecule has 1 saturated heterocycles. The van der Waals surface area contributed by atoms with Crippen molar-refractivity contribution in [3.63, 3.8) is 0 Å². The first-order chi connectivity index (χ1) is 15.2. The van der Waals surface area contributed by atoms with Crippen LogP contribution < -0.4 is 4.90 Å². The Kier molecular flexibility index (Phi) is 7.56. The fourth-order valence-electron chi connectivity index (χ4n) is 4.26. The molecule has 3 heterocycles. The van der Waals surface area contributed by atoms with E-state index in [2.05, 4.69) is 16.6 Å². The van der Waals surface area contributed by atoms with Gasteiger partial charge in [0.2, 0.25) is 0 Å². The Morgan fingerprint density at radius 3 is 2.62 bits per heavy atom. The number of aliphatic hydroxyl groups is 1. The number of aryl methyl sites for hydroxylation is 1. The van der Waals surface area contributed by atoms with E-state index < -0.39 is 17.7 Å². The lowest BCUT2D eigenvalue weighted by atomic mass is 9.93.